The third kappa shape index (κ3) is 9.27. The van der Waals surface area contributed by atoms with E-state index in [1.807, 2.05) is 13.8 Å². The van der Waals surface area contributed by atoms with Gasteiger partial charge in [0, 0.05) is 6.54 Å². The summed E-state index contributed by atoms with van der Waals surface area (Å²) in [6, 6.07) is 7.53. The number of esters is 1. The van der Waals surface area contributed by atoms with Crippen LogP contribution in [0.5, 0.6) is 5.75 Å². The lowest BCUT2D eigenvalue weighted by Crippen LogP contribution is -2.39. The summed E-state index contributed by atoms with van der Waals surface area (Å²) in [7, 11) is 1.25. The highest BCUT2D eigenvalue weighted by Gasteiger charge is 2.38. The molecule has 2 rings (SSSR count). The van der Waals surface area contributed by atoms with Crippen LogP contribution in [-0.4, -0.2) is 53.3 Å². The van der Waals surface area contributed by atoms with Gasteiger partial charge in [-0.15, -0.1) is 11.3 Å². The Kier molecular flexibility index (Phi) is 10.7. The van der Waals surface area contributed by atoms with Crippen LogP contribution in [0, 0.1) is 0 Å². The molecule has 192 valence electrons. The van der Waals surface area contributed by atoms with Gasteiger partial charge in [-0.1, -0.05) is 26.0 Å². The molecule has 0 radical (unpaired) electrons. The van der Waals surface area contributed by atoms with E-state index in [0.717, 1.165) is 22.5 Å². The third-order valence-corrected chi connectivity index (χ3v) is 5.47. The van der Waals surface area contributed by atoms with E-state index in [1.165, 1.54) is 14.0 Å². The predicted molar refractivity (Wildman–Crippen MR) is 120 cm³/mol. The monoisotopic (exact) mass is 518 g/mol. The number of benzene rings is 1. The van der Waals surface area contributed by atoms with Crippen molar-refractivity contribution in [3.05, 3.63) is 51.2 Å². The first-order valence-electron chi connectivity index (χ1n) is 10.1. The summed E-state index contributed by atoms with van der Waals surface area (Å²) in [5.41, 5.74) is 1.50. The number of carboxylic acid groups (broad SMARTS) is 1. The molecule has 0 aliphatic heterocycles. The molecule has 0 fully saturated rings. The Balaban J connectivity index is 0.000000762. The number of carboxylic acids is 1. The van der Waals surface area contributed by atoms with Gasteiger partial charge in [0.1, 0.15) is 11.8 Å². The average Bonchev–Trinajstić information content (AvgIpc) is 3.23. The second-order valence-corrected chi connectivity index (χ2v) is 8.48. The van der Waals surface area contributed by atoms with Crippen molar-refractivity contribution in [3.8, 4) is 5.75 Å². The molecule has 0 spiro atoms. The highest BCUT2D eigenvalue weighted by molar-refractivity contribution is 7.16. The largest absolute Gasteiger partial charge is 0.508 e. The predicted octanol–water partition coefficient (Wildman–Crippen LogP) is 3.43. The summed E-state index contributed by atoms with van der Waals surface area (Å²) in [6.07, 6.45) is -5.08. The van der Waals surface area contributed by atoms with Gasteiger partial charge in [0.15, 0.2) is 0 Å². The molecule has 1 atom stereocenters. The van der Waals surface area contributed by atoms with Crippen molar-refractivity contribution >= 4 is 35.1 Å². The standard InChI is InChI=1S/C20H24N2O5S.C2HF3O2/c1-11(2)15-9-16(18(24)21-10-13-6-5-7-14(23)8-13)28-17(15)19(25)22-12(3)20(26)27-4;3-2(4,5)1(6)7/h5-9,11-12,23H,10H2,1-4H3,(H,21,24)(H,22,25);(H,6,7). The second kappa shape index (κ2) is 12.7. The second-order valence-electron chi connectivity index (χ2n) is 7.42. The van der Waals surface area contributed by atoms with Gasteiger partial charge in [-0.25, -0.2) is 9.59 Å². The fourth-order valence-electron chi connectivity index (χ4n) is 2.56. The molecule has 0 saturated heterocycles. The first-order chi connectivity index (χ1) is 16.2. The molecular weight excluding hydrogens is 493 g/mol. The van der Waals surface area contributed by atoms with E-state index in [4.69, 9.17) is 9.90 Å². The van der Waals surface area contributed by atoms with Crippen LogP contribution in [0.2, 0.25) is 0 Å². The minimum Gasteiger partial charge on any atom is -0.508 e. The van der Waals surface area contributed by atoms with Crippen LogP contribution < -0.4 is 10.6 Å². The Morgan fingerprint density at radius 2 is 1.69 bits per heavy atom. The van der Waals surface area contributed by atoms with E-state index in [2.05, 4.69) is 15.4 Å². The number of nitrogens with one attached hydrogen (secondary N) is 2. The number of thiophene rings is 1. The van der Waals surface area contributed by atoms with E-state index >= 15 is 0 Å². The zero-order chi connectivity index (χ0) is 26.9. The summed E-state index contributed by atoms with van der Waals surface area (Å²) in [5, 5.41) is 22.0. The number of aliphatic carboxylic acids is 1. The van der Waals surface area contributed by atoms with Gasteiger partial charge in [0.25, 0.3) is 11.8 Å². The summed E-state index contributed by atoms with van der Waals surface area (Å²) in [4.78, 5) is 46.3. The minimum absolute atomic E-state index is 0.0260. The number of amides is 2. The fraction of sp³-hybridized carbons (Fsp3) is 0.364. The molecule has 1 unspecified atom stereocenters. The van der Waals surface area contributed by atoms with Crippen molar-refractivity contribution in [3.63, 3.8) is 0 Å². The Morgan fingerprint density at radius 1 is 1.09 bits per heavy atom. The van der Waals surface area contributed by atoms with Crippen LogP contribution in [0.25, 0.3) is 0 Å². The highest BCUT2D eigenvalue weighted by Crippen LogP contribution is 2.29. The maximum atomic E-state index is 12.6. The SMILES string of the molecule is COC(=O)C(C)NC(=O)c1sc(C(=O)NCc2cccc(O)c2)cc1C(C)C.O=C(O)C(F)(F)F. The Bertz CT molecular complexity index is 1070. The molecule has 35 heavy (non-hydrogen) atoms. The number of alkyl halides is 3. The van der Waals surface area contributed by atoms with E-state index < -0.39 is 30.1 Å². The van der Waals surface area contributed by atoms with Crippen molar-refractivity contribution < 1.29 is 47.3 Å². The van der Waals surface area contributed by atoms with E-state index in [1.54, 1.807) is 30.3 Å². The van der Waals surface area contributed by atoms with Crippen molar-refractivity contribution in [1.29, 1.82) is 0 Å². The maximum absolute atomic E-state index is 12.6. The molecule has 1 heterocycles. The fourth-order valence-corrected chi connectivity index (χ4v) is 3.69. The molecule has 13 heteroatoms. The molecule has 0 saturated carbocycles. The number of halogens is 3. The van der Waals surface area contributed by atoms with Gasteiger partial charge < -0.3 is 25.6 Å². The zero-order valence-electron chi connectivity index (χ0n) is 19.2. The lowest BCUT2D eigenvalue weighted by atomic mass is 10.0. The topological polar surface area (TPSA) is 142 Å². The van der Waals surface area contributed by atoms with Gasteiger partial charge in [-0.3, -0.25) is 9.59 Å². The van der Waals surface area contributed by atoms with Gasteiger partial charge in [-0.05, 0) is 42.2 Å². The number of phenols is 1. The molecule has 0 aliphatic rings. The van der Waals surface area contributed by atoms with Crippen molar-refractivity contribution in [1.82, 2.24) is 10.6 Å². The molecule has 2 aromatic rings. The molecular formula is C22H25F3N2O7S. The van der Waals surface area contributed by atoms with Crippen LogP contribution in [0.1, 0.15) is 57.2 Å². The quantitative estimate of drug-likeness (QED) is 0.412. The smallest absolute Gasteiger partial charge is 0.490 e. The first kappa shape index (κ1) is 29.4. The number of phenolic OH excluding ortho intramolecular Hbond substituents is 1. The average molecular weight is 519 g/mol. The molecule has 0 aliphatic carbocycles. The van der Waals surface area contributed by atoms with E-state index in [0.29, 0.717) is 9.75 Å². The summed E-state index contributed by atoms with van der Waals surface area (Å²) in [6.45, 7) is 5.65. The van der Waals surface area contributed by atoms with Crippen LogP contribution >= 0.6 is 11.3 Å². The number of methoxy groups -OCH3 is 1. The number of hydrogen-bond acceptors (Lipinski definition) is 7. The highest BCUT2D eigenvalue weighted by atomic mass is 32.1. The number of hydrogen-bond donors (Lipinski definition) is 4. The normalized spacial score (nSPS) is 11.7. The van der Waals surface area contributed by atoms with Crippen LogP contribution in [0.4, 0.5) is 13.2 Å². The van der Waals surface area contributed by atoms with Gasteiger partial charge in [-0.2, -0.15) is 13.2 Å². The van der Waals surface area contributed by atoms with Crippen molar-refractivity contribution in [2.24, 2.45) is 0 Å². The molecule has 9 nitrogen and oxygen atoms in total. The summed E-state index contributed by atoms with van der Waals surface area (Å²) >= 11 is 1.08. The number of ether oxygens (including phenoxy) is 1. The Labute approximate surface area is 202 Å². The summed E-state index contributed by atoms with van der Waals surface area (Å²) in [5.74, 6) is -3.87. The first-order valence-corrected chi connectivity index (χ1v) is 10.9. The molecule has 0 bridgehead atoms. The third-order valence-electron chi connectivity index (χ3n) is 4.32. The molecule has 1 aromatic heterocycles. The van der Waals surface area contributed by atoms with Crippen LogP contribution in [0.3, 0.4) is 0 Å². The van der Waals surface area contributed by atoms with Crippen molar-refractivity contribution in [2.75, 3.05) is 7.11 Å². The minimum atomic E-state index is -5.08. The van der Waals surface area contributed by atoms with E-state index in [-0.39, 0.29) is 24.1 Å². The van der Waals surface area contributed by atoms with Gasteiger partial charge in [0.05, 0.1) is 16.9 Å². The molecule has 4 N–H and O–H groups in total. The lowest BCUT2D eigenvalue weighted by Gasteiger charge is -2.12. The van der Waals surface area contributed by atoms with E-state index in [9.17, 15) is 32.7 Å². The number of aromatic hydroxyl groups is 1. The number of rotatable bonds is 7. The Morgan fingerprint density at radius 3 is 2.17 bits per heavy atom. The summed E-state index contributed by atoms with van der Waals surface area (Å²) < 4.78 is 36.4. The van der Waals surface area contributed by atoms with Crippen molar-refractivity contribution in [2.45, 2.75) is 45.5 Å². The van der Waals surface area contributed by atoms with Crippen LogP contribution in [0.15, 0.2) is 30.3 Å². The molecule has 1 aromatic carbocycles. The van der Waals surface area contributed by atoms with Gasteiger partial charge >= 0.3 is 18.1 Å². The number of carbonyl (C=O) groups is 4. The number of carbonyl (C=O) groups excluding carboxylic acids is 3. The van der Waals surface area contributed by atoms with Crippen LogP contribution in [-0.2, 0) is 20.9 Å². The molecule has 2 amide bonds. The maximum Gasteiger partial charge on any atom is 0.490 e. The zero-order valence-corrected chi connectivity index (χ0v) is 20.0. The lowest BCUT2D eigenvalue weighted by molar-refractivity contribution is -0.192. The Hall–Kier alpha value is -3.61. The van der Waals surface area contributed by atoms with Gasteiger partial charge in [0.2, 0.25) is 0 Å².